The zero-order chi connectivity index (χ0) is 22.6. The third-order valence-corrected chi connectivity index (χ3v) is 4.03. The summed E-state index contributed by atoms with van der Waals surface area (Å²) in [6.45, 7) is 3.15. The summed E-state index contributed by atoms with van der Waals surface area (Å²) in [5, 5.41) is 25.1. The van der Waals surface area contributed by atoms with Gasteiger partial charge in [0.2, 0.25) is 17.7 Å². The molecule has 0 aromatic heterocycles. The van der Waals surface area contributed by atoms with E-state index in [1.807, 2.05) is 0 Å². The Hall–Kier alpha value is -2.73. The maximum absolute atomic E-state index is 12.6. The van der Waals surface area contributed by atoms with E-state index in [0.29, 0.717) is 19.4 Å². The predicted molar refractivity (Wildman–Crippen MR) is 102 cm³/mol. The normalized spacial score (nSPS) is 13.8. The molecule has 0 aliphatic heterocycles. The third-order valence-electron chi connectivity index (χ3n) is 4.03. The number of amides is 3. The van der Waals surface area contributed by atoms with Crippen LogP contribution in [-0.2, 0) is 24.0 Å². The number of carboxylic acids is 2. The SMILES string of the molecule is CC(C)C(NC(=O)C(CCCCN)NC(=O)C(CC(=O)O)NC(=O)CN)C(=O)O. The lowest BCUT2D eigenvalue weighted by molar-refractivity contribution is -0.144. The summed E-state index contributed by atoms with van der Waals surface area (Å²) in [5.41, 5.74) is 10.6. The van der Waals surface area contributed by atoms with Crippen LogP contribution in [0.1, 0.15) is 39.5 Å². The first-order valence-electron chi connectivity index (χ1n) is 9.28. The highest BCUT2D eigenvalue weighted by molar-refractivity contribution is 5.95. The number of aliphatic carboxylic acids is 2. The van der Waals surface area contributed by atoms with Gasteiger partial charge in [-0.1, -0.05) is 13.8 Å². The molecule has 0 aliphatic rings. The fourth-order valence-electron chi connectivity index (χ4n) is 2.44. The third kappa shape index (κ3) is 10.4. The molecule has 0 bridgehead atoms. The number of hydrogen-bond acceptors (Lipinski definition) is 7. The monoisotopic (exact) mass is 417 g/mol. The van der Waals surface area contributed by atoms with Crippen LogP contribution in [0.5, 0.6) is 0 Å². The highest BCUT2D eigenvalue weighted by Crippen LogP contribution is 2.07. The standard InChI is InChI=1S/C17H31N5O7/c1-9(2)14(17(28)29)22-15(26)10(5-3-4-6-18)21-16(27)11(7-13(24)25)20-12(23)8-19/h9-11,14H,3-8,18-19H2,1-2H3,(H,20,23)(H,21,27)(H,22,26)(H,24,25)(H,28,29). The van der Waals surface area contributed by atoms with Crippen molar-refractivity contribution < 1.29 is 34.2 Å². The van der Waals surface area contributed by atoms with Crippen molar-refractivity contribution in [3.63, 3.8) is 0 Å². The lowest BCUT2D eigenvalue weighted by atomic mass is 10.0. The summed E-state index contributed by atoms with van der Waals surface area (Å²) in [7, 11) is 0. The van der Waals surface area contributed by atoms with Crippen molar-refractivity contribution in [2.24, 2.45) is 17.4 Å². The first kappa shape index (κ1) is 26.3. The highest BCUT2D eigenvalue weighted by Gasteiger charge is 2.31. The Labute approximate surface area is 168 Å². The second-order valence-electron chi connectivity index (χ2n) is 6.84. The summed E-state index contributed by atoms with van der Waals surface area (Å²) >= 11 is 0. The summed E-state index contributed by atoms with van der Waals surface area (Å²) in [5.74, 6) is -5.31. The largest absolute Gasteiger partial charge is 0.481 e. The van der Waals surface area contributed by atoms with Gasteiger partial charge in [0.1, 0.15) is 18.1 Å². The van der Waals surface area contributed by atoms with Gasteiger partial charge in [0.25, 0.3) is 0 Å². The van der Waals surface area contributed by atoms with Crippen LogP contribution in [0, 0.1) is 5.92 Å². The van der Waals surface area contributed by atoms with Crippen molar-refractivity contribution in [2.75, 3.05) is 13.1 Å². The van der Waals surface area contributed by atoms with E-state index >= 15 is 0 Å². The van der Waals surface area contributed by atoms with E-state index in [0.717, 1.165) is 0 Å². The first-order chi connectivity index (χ1) is 13.5. The van der Waals surface area contributed by atoms with Crippen LogP contribution in [0.25, 0.3) is 0 Å². The Kier molecular flexibility index (Phi) is 12.2. The summed E-state index contributed by atoms with van der Waals surface area (Å²) < 4.78 is 0. The van der Waals surface area contributed by atoms with Crippen LogP contribution in [0.2, 0.25) is 0 Å². The smallest absolute Gasteiger partial charge is 0.326 e. The van der Waals surface area contributed by atoms with Gasteiger partial charge in [0.15, 0.2) is 0 Å². The topological polar surface area (TPSA) is 214 Å². The number of carbonyl (C=O) groups is 5. The number of unbranched alkanes of at least 4 members (excludes halogenated alkanes) is 1. The number of carboxylic acid groups (broad SMARTS) is 2. The van der Waals surface area contributed by atoms with Gasteiger partial charge in [0, 0.05) is 0 Å². The molecule has 0 radical (unpaired) electrons. The molecule has 0 aromatic rings. The van der Waals surface area contributed by atoms with Crippen molar-refractivity contribution in [3.8, 4) is 0 Å². The molecule has 0 heterocycles. The summed E-state index contributed by atoms with van der Waals surface area (Å²) in [4.78, 5) is 58.8. The van der Waals surface area contributed by atoms with E-state index in [2.05, 4.69) is 16.0 Å². The molecule has 3 amide bonds. The Bertz CT molecular complexity index is 597. The molecule has 0 spiro atoms. The van der Waals surface area contributed by atoms with E-state index in [9.17, 15) is 29.1 Å². The molecule has 0 saturated heterocycles. The molecule has 0 saturated carbocycles. The second-order valence-corrected chi connectivity index (χ2v) is 6.84. The molecule has 0 rings (SSSR count). The number of nitrogens with one attached hydrogen (secondary N) is 3. The zero-order valence-corrected chi connectivity index (χ0v) is 16.6. The van der Waals surface area contributed by atoms with Crippen LogP contribution >= 0.6 is 0 Å². The molecular formula is C17H31N5O7. The van der Waals surface area contributed by atoms with E-state index in [4.69, 9.17) is 16.6 Å². The second kappa shape index (κ2) is 13.4. The fraction of sp³-hybridized carbons (Fsp3) is 0.706. The number of hydrogen-bond donors (Lipinski definition) is 7. The van der Waals surface area contributed by atoms with Gasteiger partial charge in [-0.15, -0.1) is 0 Å². The minimum Gasteiger partial charge on any atom is -0.481 e. The van der Waals surface area contributed by atoms with E-state index in [-0.39, 0.29) is 6.42 Å². The van der Waals surface area contributed by atoms with Gasteiger partial charge in [-0.25, -0.2) is 4.79 Å². The van der Waals surface area contributed by atoms with E-state index in [1.54, 1.807) is 13.8 Å². The highest BCUT2D eigenvalue weighted by atomic mass is 16.4. The van der Waals surface area contributed by atoms with Gasteiger partial charge >= 0.3 is 11.9 Å². The molecule has 9 N–H and O–H groups in total. The van der Waals surface area contributed by atoms with Crippen LogP contribution in [0.3, 0.4) is 0 Å². The summed E-state index contributed by atoms with van der Waals surface area (Å²) in [6, 6.07) is -3.72. The Morgan fingerprint density at radius 1 is 0.862 bits per heavy atom. The predicted octanol–water partition coefficient (Wildman–Crippen LogP) is -2.26. The van der Waals surface area contributed by atoms with Crippen LogP contribution in [0.4, 0.5) is 0 Å². The minimum atomic E-state index is -1.44. The van der Waals surface area contributed by atoms with E-state index in [1.165, 1.54) is 0 Å². The molecule has 29 heavy (non-hydrogen) atoms. The van der Waals surface area contributed by atoms with Crippen LogP contribution < -0.4 is 27.4 Å². The van der Waals surface area contributed by atoms with E-state index < -0.39 is 66.7 Å². The van der Waals surface area contributed by atoms with Crippen LogP contribution in [0.15, 0.2) is 0 Å². The quantitative estimate of drug-likeness (QED) is 0.152. The van der Waals surface area contributed by atoms with Crippen molar-refractivity contribution in [1.29, 1.82) is 0 Å². The molecule has 0 aromatic carbocycles. The molecule has 12 heteroatoms. The van der Waals surface area contributed by atoms with Crippen molar-refractivity contribution in [3.05, 3.63) is 0 Å². The Morgan fingerprint density at radius 2 is 1.45 bits per heavy atom. The number of carbonyl (C=O) groups excluding carboxylic acids is 3. The molecule has 3 unspecified atom stereocenters. The molecule has 0 fully saturated rings. The van der Waals surface area contributed by atoms with Gasteiger partial charge in [-0.2, -0.15) is 0 Å². The summed E-state index contributed by atoms with van der Waals surface area (Å²) in [6.07, 6.45) is 0.476. The number of rotatable bonds is 14. The van der Waals surface area contributed by atoms with Gasteiger partial charge < -0.3 is 37.6 Å². The first-order valence-corrected chi connectivity index (χ1v) is 9.28. The van der Waals surface area contributed by atoms with Gasteiger partial charge in [-0.05, 0) is 31.7 Å². The van der Waals surface area contributed by atoms with Crippen molar-refractivity contribution in [2.45, 2.75) is 57.7 Å². The maximum Gasteiger partial charge on any atom is 0.326 e. The fourth-order valence-corrected chi connectivity index (χ4v) is 2.44. The van der Waals surface area contributed by atoms with Gasteiger partial charge in [0.05, 0.1) is 13.0 Å². The molecule has 12 nitrogen and oxygen atoms in total. The Balaban J connectivity index is 5.36. The molecule has 3 atom stereocenters. The average molecular weight is 417 g/mol. The lowest BCUT2D eigenvalue weighted by Crippen LogP contribution is -2.57. The molecule has 0 aliphatic carbocycles. The molecule has 166 valence electrons. The maximum atomic E-state index is 12.6. The lowest BCUT2D eigenvalue weighted by Gasteiger charge is -2.25. The van der Waals surface area contributed by atoms with Crippen molar-refractivity contribution in [1.82, 2.24) is 16.0 Å². The van der Waals surface area contributed by atoms with Gasteiger partial charge in [-0.3, -0.25) is 19.2 Å². The minimum absolute atomic E-state index is 0.157. The Morgan fingerprint density at radius 3 is 1.90 bits per heavy atom. The number of nitrogens with two attached hydrogens (primary N) is 2. The molecular weight excluding hydrogens is 386 g/mol. The zero-order valence-electron chi connectivity index (χ0n) is 16.6. The van der Waals surface area contributed by atoms with Crippen molar-refractivity contribution >= 4 is 29.7 Å². The average Bonchev–Trinajstić information content (AvgIpc) is 2.63. The van der Waals surface area contributed by atoms with Crippen LogP contribution in [-0.4, -0.2) is 71.1 Å².